The first kappa shape index (κ1) is 19.5. The molecule has 0 unspecified atom stereocenters. The highest BCUT2D eigenvalue weighted by molar-refractivity contribution is 7.14. The molecule has 0 saturated carbocycles. The smallest absolute Gasteiger partial charge is 0.319 e. The van der Waals surface area contributed by atoms with Crippen LogP contribution in [0.25, 0.3) is 11.3 Å². The first-order valence-electron chi connectivity index (χ1n) is 9.19. The van der Waals surface area contributed by atoms with E-state index in [1.165, 1.54) is 11.3 Å². The molecule has 2 aromatic heterocycles. The zero-order valence-corrected chi connectivity index (χ0v) is 17.0. The number of nitrogens with one attached hydrogen (secondary N) is 4. The lowest BCUT2D eigenvalue weighted by Crippen LogP contribution is -2.27. The summed E-state index contributed by atoms with van der Waals surface area (Å²) in [5, 5.41) is 18.2. The molecule has 0 radical (unpaired) electrons. The molecule has 8 nitrogen and oxygen atoms in total. The number of carbonyl (C=O) groups is 1. The molecule has 152 valence electrons. The number of aromatic nitrogens is 3. The topological polar surface area (TPSA) is 104 Å². The van der Waals surface area contributed by atoms with E-state index >= 15 is 0 Å². The third-order valence-corrected chi connectivity index (χ3v) is 5.03. The maximum absolute atomic E-state index is 12.0. The number of aromatic amines is 1. The lowest BCUT2D eigenvalue weighted by Gasteiger charge is -2.08. The van der Waals surface area contributed by atoms with Crippen molar-refractivity contribution < 1.29 is 9.53 Å². The van der Waals surface area contributed by atoms with Crippen molar-refractivity contribution in [1.29, 1.82) is 0 Å². The van der Waals surface area contributed by atoms with E-state index in [9.17, 15) is 4.79 Å². The van der Waals surface area contributed by atoms with Crippen molar-refractivity contribution in [3.63, 3.8) is 0 Å². The molecule has 0 aliphatic carbocycles. The van der Waals surface area contributed by atoms with E-state index in [1.54, 1.807) is 19.5 Å². The fourth-order valence-electron chi connectivity index (χ4n) is 2.74. The number of hydrogen-bond donors (Lipinski definition) is 4. The quantitative estimate of drug-likeness (QED) is 0.350. The normalized spacial score (nSPS) is 10.4. The number of benzene rings is 2. The van der Waals surface area contributed by atoms with Gasteiger partial charge in [-0.1, -0.05) is 12.1 Å². The standard InChI is InChI=1S/C21H20N6O2S/c1-29-18-4-2-3-15(9-18)19-13-30-21(27-19)26-17-7-5-16(6-8-17)25-20(28)22-10-14-11-23-24-12-14/h2-9,11-13H,10H2,1H3,(H,23,24)(H,26,27)(H2,22,25,28). The van der Waals surface area contributed by atoms with Gasteiger partial charge in [0.05, 0.1) is 19.0 Å². The van der Waals surface area contributed by atoms with Gasteiger partial charge < -0.3 is 20.7 Å². The van der Waals surface area contributed by atoms with E-state index in [2.05, 4.69) is 31.1 Å². The Morgan fingerprint density at radius 3 is 2.77 bits per heavy atom. The van der Waals surface area contributed by atoms with Gasteiger partial charge in [0, 0.05) is 40.6 Å². The van der Waals surface area contributed by atoms with E-state index in [0.717, 1.165) is 33.4 Å². The Labute approximate surface area is 177 Å². The monoisotopic (exact) mass is 420 g/mol. The number of nitrogens with zero attached hydrogens (tertiary/aromatic N) is 2. The Bertz CT molecular complexity index is 1110. The van der Waals surface area contributed by atoms with Crippen molar-refractivity contribution in [2.24, 2.45) is 0 Å². The van der Waals surface area contributed by atoms with Crippen molar-refractivity contribution in [3.05, 3.63) is 71.9 Å². The minimum absolute atomic E-state index is 0.278. The van der Waals surface area contributed by atoms with Crippen LogP contribution in [-0.4, -0.2) is 28.3 Å². The Morgan fingerprint density at radius 2 is 2.00 bits per heavy atom. The molecule has 0 saturated heterocycles. The van der Waals surface area contributed by atoms with Crippen molar-refractivity contribution in [2.75, 3.05) is 17.7 Å². The number of amides is 2. The van der Waals surface area contributed by atoms with Crippen LogP contribution < -0.4 is 20.7 Å². The van der Waals surface area contributed by atoms with E-state index in [0.29, 0.717) is 12.2 Å². The van der Waals surface area contributed by atoms with E-state index in [-0.39, 0.29) is 6.03 Å². The highest BCUT2D eigenvalue weighted by Crippen LogP contribution is 2.29. The molecule has 0 fully saturated rings. The minimum atomic E-state index is -0.278. The summed E-state index contributed by atoms with van der Waals surface area (Å²) in [6, 6.07) is 15.0. The maximum Gasteiger partial charge on any atom is 0.319 e. The fraction of sp³-hybridized carbons (Fsp3) is 0.0952. The molecule has 0 atom stereocenters. The molecule has 9 heteroatoms. The van der Waals surface area contributed by atoms with E-state index in [4.69, 9.17) is 4.74 Å². The first-order chi connectivity index (χ1) is 14.7. The summed E-state index contributed by atoms with van der Waals surface area (Å²) in [7, 11) is 1.65. The highest BCUT2D eigenvalue weighted by atomic mass is 32.1. The Kier molecular flexibility index (Phi) is 5.90. The molecule has 0 aliphatic rings. The van der Waals surface area contributed by atoms with Crippen molar-refractivity contribution >= 4 is 33.9 Å². The molecule has 0 bridgehead atoms. The number of anilines is 3. The third-order valence-electron chi connectivity index (χ3n) is 4.27. The second-order valence-corrected chi connectivity index (χ2v) is 7.24. The van der Waals surface area contributed by atoms with Crippen LogP contribution >= 0.6 is 11.3 Å². The van der Waals surface area contributed by atoms with Crippen LogP contribution in [0.15, 0.2) is 66.3 Å². The number of H-pyrrole nitrogens is 1. The van der Waals surface area contributed by atoms with E-state index in [1.807, 2.05) is 53.9 Å². The van der Waals surface area contributed by atoms with Crippen molar-refractivity contribution in [2.45, 2.75) is 6.54 Å². The van der Waals surface area contributed by atoms with Crippen molar-refractivity contribution in [1.82, 2.24) is 20.5 Å². The summed E-state index contributed by atoms with van der Waals surface area (Å²) in [4.78, 5) is 16.6. The lowest BCUT2D eigenvalue weighted by atomic mass is 10.2. The number of rotatable bonds is 7. The van der Waals surface area contributed by atoms with Gasteiger partial charge in [-0.25, -0.2) is 9.78 Å². The number of thiazole rings is 1. The lowest BCUT2D eigenvalue weighted by molar-refractivity contribution is 0.251. The SMILES string of the molecule is COc1cccc(-c2csc(Nc3ccc(NC(=O)NCc4cn[nH]c4)cc3)n2)c1. The van der Waals surface area contributed by atoms with Crippen LogP contribution in [0.1, 0.15) is 5.56 Å². The largest absolute Gasteiger partial charge is 0.497 e. The van der Waals surface area contributed by atoms with Gasteiger partial charge in [0.1, 0.15) is 5.75 Å². The van der Waals surface area contributed by atoms with Crippen LogP contribution in [0.4, 0.5) is 21.3 Å². The van der Waals surface area contributed by atoms with Crippen LogP contribution in [0.2, 0.25) is 0 Å². The molecule has 0 aliphatic heterocycles. The van der Waals surface area contributed by atoms with Gasteiger partial charge in [-0.2, -0.15) is 5.10 Å². The van der Waals surface area contributed by atoms with Gasteiger partial charge in [-0.3, -0.25) is 5.10 Å². The zero-order valence-electron chi connectivity index (χ0n) is 16.2. The maximum atomic E-state index is 12.0. The van der Waals surface area contributed by atoms with Gasteiger partial charge in [0.15, 0.2) is 5.13 Å². The van der Waals surface area contributed by atoms with Gasteiger partial charge in [-0.15, -0.1) is 11.3 Å². The number of methoxy groups -OCH3 is 1. The molecule has 2 aromatic carbocycles. The molecule has 2 amide bonds. The fourth-order valence-corrected chi connectivity index (χ4v) is 3.48. The summed E-state index contributed by atoms with van der Waals surface area (Å²) in [6.07, 6.45) is 3.40. The average Bonchev–Trinajstić information content (AvgIpc) is 3.46. The number of ether oxygens (including phenoxy) is 1. The second-order valence-electron chi connectivity index (χ2n) is 6.39. The van der Waals surface area contributed by atoms with Crippen LogP contribution in [0.3, 0.4) is 0 Å². The Hall–Kier alpha value is -3.85. The number of urea groups is 1. The average molecular weight is 420 g/mol. The predicted molar refractivity (Wildman–Crippen MR) is 118 cm³/mol. The van der Waals surface area contributed by atoms with E-state index < -0.39 is 0 Å². The van der Waals surface area contributed by atoms with Crippen LogP contribution in [0, 0.1) is 0 Å². The molecular weight excluding hydrogens is 400 g/mol. The molecule has 4 aromatic rings. The van der Waals surface area contributed by atoms with Crippen molar-refractivity contribution in [3.8, 4) is 17.0 Å². The molecule has 4 N–H and O–H groups in total. The second kappa shape index (κ2) is 9.10. The third kappa shape index (κ3) is 4.95. The summed E-state index contributed by atoms with van der Waals surface area (Å²) >= 11 is 1.52. The van der Waals surface area contributed by atoms with Gasteiger partial charge in [0.2, 0.25) is 0 Å². The molecule has 30 heavy (non-hydrogen) atoms. The zero-order chi connectivity index (χ0) is 20.8. The highest BCUT2D eigenvalue weighted by Gasteiger charge is 2.07. The summed E-state index contributed by atoms with van der Waals surface area (Å²) in [5.41, 5.74) is 4.36. The molecule has 0 spiro atoms. The summed E-state index contributed by atoms with van der Waals surface area (Å²) < 4.78 is 5.27. The van der Waals surface area contributed by atoms with Gasteiger partial charge in [0.25, 0.3) is 0 Å². The van der Waals surface area contributed by atoms with Gasteiger partial charge >= 0.3 is 6.03 Å². The Balaban J connectivity index is 1.33. The van der Waals surface area contributed by atoms with Gasteiger partial charge in [-0.05, 0) is 36.4 Å². The first-order valence-corrected chi connectivity index (χ1v) is 10.1. The summed E-state index contributed by atoms with van der Waals surface area (Å²) in [6.45, 7) is 0.404. The summed E-state index contributed by atoms with van der Waals surface area (Å²) in [5.74, 6) is 0.798. The number of hydrogen-bond acceptors (Lipinski definition) is 6. The predicted octanol–water partition coefficient (Wildman–Crippen LogP) is 4.61. The minimum Gasteiger partial charge on any atom is -0.497 e. The molecule has 2 heterocycles. The molecule has 4 rings (SSSR count). The Morgan fingerprint density at radius 1 is 1.17 bits per heavy atom. The van der Waals surface area contributed by atoms with Crippen LogP contribution in [-0.2, 0) is 6.54 Å². The molecular formula is C21H20N6O2S. The van der Waals surface area contributed by atoms with Crippen LogP contribution in [0.5, 0.6) is 5.75 Å². The number of carbonyl (C=O) groups excluding carboxylic acids is 1.